The minimum absolute atomic E-state index is 0. The summed E-state index contributed by atoms with van der Waals surface area (Å²) in [6.07, 6.45) is 1.79. The first-order valence-corrected chi connectivity index (χ1v) is 9.73. The van der Waals surface area contributed by atoms with Crippen LogP contribution in [0.1, 0.15) is 51.8 Å². The lowest BCUT2D eigenvalue weighted by Gasteiger charge is -2.27. The van der Waals surface area contributed by atoms with Gasteiger partial charge in [-0.1, -0.05) is 40.7 Å². The quantitative estimate of drug-likeness (QED) is 0.317. The second-order valence-electron chi connectivity index (χ2n) is 8.60. The molecule has 0 bridgehead atoms. The number of guanidine groups is 1. The summed E-state index contributed by atoms with van der Waals surface area (Å²) in [4.78, 5) is 8.64. The zero-order chi connectivity index (χ0) is 21.7. The molecular formula is C22H35IN4O3. The average molecular weight is 530 g/mol. The second-order valence-corrected chi connectivity index (χ2v) is 8.60. The number of nitrogens with zero attached hydrogens (tertiary/aromatic N) is 2. The number of hydrogen-bond donors (Lipinski definition) is 2. The fraction of sp³-hybridized carbons (Fsp3) is 0.545. The van der Waals surface area contributed by atoms with Gasteiger partial charge in [0.15, 0.2) is 17.5 Å². The molecule has 0 aliphatic carbocycles. The van der Waals surface area contributed by atoms with Gasteiger partial charge in [-0.05, 0) is 17.7 Å². The lowest BCUT2D eigenvalue weighted by Crippen LogP contribution is -2.43. The number of halogens is 1. The predicted molar refractivity (Wildman–Crippen MR) is 131 cm³/mol. The number of benzene rings is 1. The Hall–Kier alpha value is -1.97. The molecule has 0 radical (unpaired) electrons. The van der Waals surface area contributed by atoms with Gasteiger partial charge >= 0.3 is 0 Å². The predicted octanol–water partition coefficient (Wildman–Crippen LogP) is 4.25. The van der Waals surface area contributed by atoms with Gasteiger partial charge in [0.05, 0.1) is 27.0 Å². The smallest absolute Gasteiger partial charge is 0.213 e. The van der Waals surface area contributed by atoms with E-state index in [-0.39, 0.29) is 34.8 Å². The van der Waals surface area contributed by atoms with Crippen LogP contribution in [-0.2, 0) is 17.4 Å². The zero-order valence-corrected chi connectivity index (χ0v) is 21.6. The summed E-state index contributed by atoms with van der Waals surface area (Å²) in [6, 6.07) is 6.00. The van der Waals surface area contributed by atoms with E-state index in [1.807, 2.05) is 12.1 Å². The number of nitrogens with one attached hydrogen (secondary N) is 2. The number of aromatic nitrogens is 1. The molecule has 168 valence electrons. The Kier molecular flexibility index (Phi) is 9.45. The number of rotatable bonds is 7. The summed E-state index contributed by atoms with van der Waals surface area (Å²) < 4.78 is 16.6. The monoisotopic (exact) mass is 530 g/mol. The molecule has 0 unspecified atom stereocenters. The van der Waals surface area contributed by atoms with Crippen molar-refractivity contribution in [1.29, 1.82) is 0 Å². The lowest BCUT2D eigenvalue weighted by atomic mass is 9.84. The van der Waals surface area contributed by atoms with Crippen molar-refractivity contribution in [3.05, 3.63) is 41.6 Å². The third kappa shape index (κ3) is 6.78. The third-order valence-electron chi connectivity index (χ3n) is 4.79. The number of ether oxygens (including phenoxy) is 2. The molecule has 30 heavy (non-hydrogen) atoms. The summed E-state index contributed by atoms with van der Waals surface area (Å²) in [5.74, 6) is 3.63. The summed E-state index contributed by atoms with van der Waals surface area (Å²) in [5, 5.41) is 6.63. The average Bonchev–Trinajstić information content (AvgIpc) is 3.17. The van der Waals surface area contributed by atoms with Crippen LogP contribution in [0.5, 0.6) is 11.5 Å². The van der Waals surface area contributed by atoms with E-state index < -0.39 is 0 Å². The largest absolute Gasteiger partial charge is 0.493 e. The zero-order valence-electron chi connectivity index (χ0n) is 19.3. The van der Waals surface area contributed by atoms with Crippen LogP contribution >= 0.6 is 24.0 Å². The van der Waals surface area contributed by atoms with Gasteiger partial charge in [-0.25, -0.2) is 4.98 Å². The van der Waals surface area contributed by atoms with E-state index in [9.17, 15) is 0 Å². The molecule has 1 aromatic heterocycles. The van der Waals surface area contributed by atoms with E-state index in [4.69, 9.17) is 13.9 Å². The minimum atomic E-state index is -0.153. The Balaban J connectivity index is 0.00000450. The molecule has 1 heterocycles. The highest BCUT2D eigenvalue weighted by Crippen LogP contribution is 2.32. The van der Waals surface area contributed by atoms with Crippen LogP contribution in [0.25, 0.3) is 0 Å². The van der Waals surface area contributed by atoms with E-state index in [1.54, 1.807) is 27.5 Å². The highest BCUT2D eigenvalue weighted by molar-refractivity contribution is 14.0. The first kappa shape index (κ1) is 26.1. The van der Waals surface area contributed by atoms with Gasteiger partial charge in [0.1, 0.15) is 5.76 Å². The molecule has 0 atom stereocenters. The van der Waals surface area contributed by atoms with Crippen molar-refractivity contribution in [1.82, 2.24) is 15.6 Å². The second kappa shape index (κ2) is 10.9. The van der Waals surface area contributed by atoms with Crippen LogP contribution in [0.4, 0.5) is 0 Å². The van der Waals surface area contributed by atoms with Crippen molar-refractivity contribution in [2.24, 2.45) is 4.99 Å². The lowest BCUT2D eigenvalue weighted by molar-refractivity contribution is 0.353. The molecule has 2 N–H and O–H groups in total. The first-order valence-electron chi connectivity index (χ1n) is 9.73. The highest BCUT2D eigenvalue weighted by atomic mass is 127. The fourth-order valence-corrected chi connectivity index (χ4v) is 2.78. The number of methoxy groups -OCH3 is 2. The maximum Gasteiger partial charge on any atom is 0.213 e. The van der Waals surface area contributed by atoms with E-state index in [2.05, 4.69) is 61.3 Å². The van der Waals surface area contributed by atoms with Crippen LogP contribution in [0.15, 0.2) is 33.8 Å². The molecule has 0 amide bonds. The topological polar surface area (TPSA) is 80.9 Å². The van der Waals surface area contributed by atoms with Gasteiger partial charge in [-0.3, -0.25) is 4.99 Å². The van der Waals surface area contributed by atoms with Gasteiger partial charge in [0.25, 0.3) is 0 Å². The Labute approximate surface area is 197 Å². The summed E-state index contributed by atoms with van der Waals surface area (Å²) in [6.45, 7) is 11.8. The maximum absolute atomic E-state index is 5.82. The maximum atomic E-state index is 5.82. The van der Waals surface area contributed by atoms with Crippen LogP contribution in [0.2, 0.25) is 0 Å². The van der Waals surface area contributed by atoms with Crippen LogP contribution < -0.4 is 20.1 Å². The molecule has 0 spiro atoms. The van der Waals surface area contributed by atoms with Crippen molar-refractivity contribution in [2.45, 2.75) is 52.0 Å². The summed E-state index contributed by atoms with van der Waals surface area (Å²) >= 11 is 0. The van der Waals surface area contributed by atoms with Crippen molar-refractivity contribution < 1.29 is 13.9 Å². The highest BCUT2D eigenvalue weighted by Gasteiger charge is 2.23. The first-order chi connectivity index (χ1) is 13.6. The Morgan fingerprint density at radius 3 is 2.27 bits per heavy atom. The number of hydrogen-bond acceptors (Lipinski definition) is 5. The fourth-order valence-electron chi connectivity index (χ4n) is 2.78. The van der Waals surface area contributed by atoms with Gasteiger partial charge in [0, 0.05) is 24.4 Å². The summed E-state index contributed by atoms with van der Waals surface area (Å²) in [5.41, 5.74) is 0.925. The van der Waals surface area contributed by atoms with Crippen LogP contribution in [0, 0.1) is 0 Å². The Morgan fingerprint density at radius 1 is 1.07 bits per heavy atom. The third-order valence-corrected chi connectivity index (χ3v) is 4.79. The Bertz CT molecular complexity index is 841. The standard InChI is InChI=1S/C22H34N4O3.HI/c1-21(2,3)18-12-24-19(29-18)13-25-20(23-6)26-14-22(4,5)15-9-10-16(27-7)17(11-15)28-8;/h9-12H,13-14H2,1-8H3,(H2,23,25,26);1H. The van der Waals surface area contributed by atoms with Crippen LogP contribution in [0.3, 0.4) is 0 Å². The SMILES string of the molecule is CN=C(NCc1ncc(C(C)(C)C)o1)NCC(C)(C)c1ccc(OC)c(OC)c1.I. The molecule has 1 aromatic carbocycles. The van der Waals surface area contributed by atoms with Gasteiger partial charge in [0.2, 0.25) is 5.89 Å². The van der Waals surface area contributed by atoms with E-state index in [0.29, 0.717) is 24.9 Å². The molecule has 0 aliphatic heterocycles. The molecule has 8 heteroatoms. The van der Waals surface area contributed by atoms with Crippen molar-refractivity contribution >= 4 is 29.9 Å². The molecule has 0 saturated heterocycles. The minimum Gasteiger partial charge on any atom is -0.493 e. The van der Waals surface area contributed by atoms with Gasteiger partial charge in [-0.2, -0.15) is 0 Å². The van der Waals surface area contributed by atoms with E-state index >= 15 is 0 Å². The normalized spacial score (nSPS) is 12.2. The molecule has 2 aromatic rings. The molecule has 7 nitrogen and oxygen atoms in total. The van der Waals surface area contributed by atoms with Crippen molar-refractivity contribution in [2.75, 3.05) is 27.8 Å². The van der Waals surface area contributed by atoms with Crippen molar-refractivity contribution in [3.63, 3.8) is 0 Å². The van der Waals surface area contributed by atoms with Crippen molar-refractivity contribution in [3.8, 4) is 11.5 Å². The van der Waals surface area contributed by atoms with E-state index in [0.717, 1.165) is 22.8 Å². The molecule has 0 fully saturated rings. The van der Waals surface area contributed by atoms with Gasteiger partial charge < -0.3 is 24.5 Å². The van der Waals surface area contributed by atoms with E-state index in [1.165, 1.54) is 0 Å². The van der Waals surface area contributed by atoms with Gasteiger partial charge in [-0.15, -0.1) is 24.0 Å². The van der Waals surface area contributed by atoms with Crippen LogP contribution in [-0.4, -0.2) is 38.8 Å². The number of oxazole rings is 1. The molecule has 2 rings (SSSR count). The molecule has 0 aliphatic rings. The number of aliphatic imine (C=N–C) groups is 1. The molecule has 0 saturated carbocycles. The molecular weight excluding hydrogens is 495 g/mol. The Morgan fingerprint density at radius 2 is 1.73 bits per heavy atom. The summed E-state index contributed by atoms with van der Waals surface area (Å²) in [7, 11) is 5.03.